The SMILES string of the molecule is CC(C)(C)c1ccc(C(=O)N[C@@H](Cc2ccc(-c3ncc(N4CCC(c5cccc(Cl)c5)CC4)cn3)cc2)C(=O)N2CC(C(=O)O)C2)s1. The number of anilines is 1. The van der Waals surface area contributed by atoms with E-state index in [1.165, 1.54) is 21.8 Å². The van der Waals surface area contributed by atoms with E-state index < -0.39 is 17.9 Å². The molecule has 0 saturated carbocycles. The number of hydrogen-bond acceptors (Lipinski definition) is 7. The number of carboxylic acid groups (broad SMARTS) is 1. The highest BCUT2D eigenvalue weighted by Gasteiger charge is 2.39. The number of nitrogens with one attached hydrogen (secondary N) is 1. The number of carbonyl (C=O) groups excluding carboxylic acids is 2. The van der Waals surface area contributed by atoms with Crippen LogP contribution in [-0.4, -0.2) is 70.0 Å². The van der Waals surface area contributed by atoms with Crippen molar-refractivity contribution in [2.45, 2.75) is 57.4 Å². The zero-order valence-electron chi connectivity index (χ0n) is 27.4. The van der Waals surface area contributed by atoms with Gasteiger partial charge in [0, 0.05) is 48.1 Å². The van der Waals surface area contributed by atoms with Crippen LogP contribution < -0.4 is 10.2 Å². The first-order valence-electron chi connectivity index (χ1n) is 16.3. The van der Waals surface area contributed by atoms with Gasteiger partial charge >= 0.3 is 5.97 Å². The fraction of sp³-hybridized carbons (Fsp3) is 0.378. The summed E-state index contributed by atoms with van der Waals surface area (Å²) < 4.78 is 0. The maximum absolute atomic E-state index is 13.5. The lowest BCUT2D eigenvalue weighted by Gasteiger charge is -2.38. The number of nitrogens with zero attached hydrogens (tertiary/aromatic N) is 4. The zero-order chi connectivity index (χ0) is 34.0. The summed E-state index contributed by atoms with van der Waals surface area (Å²) in [6.07, 6.45) is 6.08. The van der Waals surface area contributed by atoms with Gasteiger partial charge in [-0.25, -0.2) is 9.97 Å². The van der Waals surface area contributed by atoms with E-state index in [9.17, 15) is 19.5 Å². The van der Waals surface area contributed by atoms with Crippen molar-refractivity contribution >= 4 is 46.4 Å². The van der Waals surface area contributed by atoms with Crippen molar-refractivity contribution < 1.29 is 19.5 Å². The van der Waals surface area contributed by atoms with Gasteiger partial charge in [0.1, 0.15) is 6.04 Å². The van der Waals surface area contributed by atoms with Gasteiger partial charge in [0.05, 0.1) is 28.9 Å². The van der Waals surface area contributed by atoms with Crippen LogP contribution in [0.5, 0.6) is 0 Å². The lowest BCUT2D eigenvalue weighted by molar-refractivity contribution is -0.153. The Kier molecular flexibility index (Phi) is 9.85. The second-order valence-electron chi connectivity index (χ2n) is 13.7. The van der Waals surface area contributed by atoms with E-state index in [4.69, 9.17) is 11.6 Å². The van der Waals surface area contributed by atoms with Crippen molar-refractivity contribution in [1.29, 1.82) is 0 Å². The van der Waals surface area contributed by atoms with Crippen molar-refractivity contribution in [3.8, 4) is 11.4 Å². The Morgan fingerprint density at radius 3 is 2.29 bits per heavy atom. The summed E-state index contributed by atoms with van der Waals surface area (Å²) in [6.45, 7) is 8.38. The number of piperidine rings is 1. The van der Waals surface area contributed by atoms with Gasteiger partial charge in [-0.2, -0.15) is 0 Å². The molecule has 2 aromatic carbocycles. The van der Waals surface area contributed by atoms with Gasteiger partial charge in [0.25, 0.3) is 5.91 Å². The number of carbonyl (C=O) groups is 3. The lowest BCUT2D eigenvalue weighted by Crippen LogP contribution is -2.59. The highest BCUT2D eigenvalue weighted by atomic mass is 35.5. The molecule has 2 aliphatic rings. The molecule has 2 N–H and O–H groups in total. The smallest absolute Gasteiger partial charge is 0.310 e. The van der Waals surface area contributed by atoms with Crippen molar-refractivity contribution in [3.05, 3.63) is 99.0 Å². The largest absolute Gasteiger partial charge is 0.481 e. The topological polar surface area (TPSA) is 116 Å². The summed E-state index contributed by atoms with van der Waals surface area (Å²) in [5.41, 5.74) is 3.89. The summed E-state index contributed by atoms with van der Waals surface area (Å²) in [5.74, 6) is -1.00. The average Bonchev–Trinajstić information content (AvgIpc) is 3.56. The fourth-order valence-corrected chi connectivity index (χ4v) is 7.38. The fourth-order valence-electron chi connectivity index (χ4n) is 6.22. The molecule has 2 fully saturated rings. The monoisotopic (exact) mass is 685 g/mol. The summed E-state index contributed by atoms with van der Waals surface area (Å²) in [7, 11) is 0. The zero-order valence-corrected chi connectivity index (χ0v) is 28.9. The van der Waals surface area contributed by atoms with E-state index in [0.29, 0.717) is 16.6 Å². The third kappa shape index (κ3) is 7.71. The Labute approximate surface area is 290 Å². The summed E-state index contributed by atoms with van der Waals surface area (Å²) in [5, 5.41) is 13.0. The van der Waals surface area contributed by atoms with Crippen LogP contribution in [0.25, 0.3) is 11.4 Å². The number of aliphatic carboxylic acids is 1. The van der Waals surface area contributed by atoms with Gasteiger partial charge in [-0.05, 0) is 59.6 Å². The predicted molar refractivity (Wildman–Crippen MR) is 189 cm³/mol. The molecule has 2 aromatic heterocycles. The molecule has 250 valence electrons. The highest BCUT2D eigenvalue weighted by Crippen LogP contribution is 2.32. The second-order valence-corrected chi connectivity index (χ2v) is 15.2. The van der Waals surface area contributed by atoms with E-state index in [-0.39, 0.29) is 36.7 Å². The Morgan fingerprint density at radius 1 is 1.00 bits per heavy atom. The molecule has 0 unspecified atom stereocenters. The number of likely N-dealkylation sites (tertiary alicyclic amines) is 1. The minimum absolute atomic E-state index is 0.0942. The molecule has 4 aromatic rings. The number of halogens is 1. The molecule has 1 atom stereocenters. The first kappa shape index (κ1) is 33.6. The molecule has 2 aliphatic heterocycles. The molecular formula is C37H40ClN5O4S. The molecule has 48 heavy (non-hydrogen) atoms. The van der Waals surface area contributed by atoms with Crippen LogP contribution in [0.2, 0.25) is 5.02 Å². The number of aromatic nitrogens is 2. The Bertz CT molecular complexity index is 1770. The minimum Gasteiger partial charge on any atom is -0.481 e. The Hall–Kier alpha value is -4.28. The summed E-state index contributed by atoms with van der Waals surface area (Å²) in [6, 6.07) is 18.7. The standard InChI is InChI=1S/C37H40ClN5O4S/c1-37(2,3)32-12-11-31(48-32)34(44)41-30(35(45)43-21-27(22-43)36(46)47)17-23-7-9-25(10-8-23)33-39-19-29(20-40-33)42-15-13-24(14-16-42)26-5-4-6-28(38)18-26/h4-12,18-20,24,27,30H,13-17,21-22H2,1-3H3,(H,41,44)(H,46,47)/t30-/m0/s1. The third-order valence-corrected chi connectivity index (χ3v) is 10.9. The van der Waals surface area contributed by atoms with Crippen molar-refractivity contribution in [2.75, 3.05) is 31.1 Å². The molecule has 6 rings (SSSR count). The molecule has 2 amide bonds. The number of benzene rings is 2. The van der Waals surface area contributed by atoms with E-state index in [2.05, 4.69) is 53.1 Å². The molecule has 0 aliphatic carbocycles. The van der Waals surface area contributed by atoms with E-state index >= 15 is 0 Å². The third-order valence-electron chi connectivity index (χ3n) is 9.19. The number of carboxylic acids is 1. The molecule has 4 heterocycles. The number of thiophene rings is 1. The van der Waals surface area contributed by atoms with E-state index in [1.807, 2.05) is 54.9 Å². The highest BCUT2D eigenvalue weighted by molar-refractivity contribution is 7.14. The first-order chi connectivity index (χ1) is 22.9. The van der Waals surface area contributed by atoms with Crippen molar-refractivity contribution in [2.24, 2.45) is 5.92 Å². The maximum Gasteiger partial charge on any atom is 0.310 e. The minimum atomic E-state index is -0.919. The van der Waals surface area contributed by atoms with Crippen LogP contribution in [0, 0.1) is 5.92 Å². The molecular weight excluding hydrogens is 646 g/mol. The van der Waals surface area contributed by atoms with Crippen LogP contribution in [-0.2, 0) is 21.4 Å². The number of hydrogen-bond donors (Lipinski definition) is 2. The predicted octanol–water partition coefficient (Wildman–Crippen LogP) is 6.42. The number of amides is 2. The van der Waals surface area contributed by atoms with Gasteiger partial charge < -0.3 is 20.2 Å². The normalized spacial score (nSPS) is 16.3. The maximum atomic E-state index is 13.5. The average molecular weight is 686 g/mol. The lowest BCUT2D eigenvalue weighted by atomic mass is 9.89. The van der Waals surface area contributed by atoms with Crippen LogP contribution in [0.3, 0.4) is 0 Å². The van der Waals surface area contributed by atoms with Gasteiger partial charge in [-0.15, -0.1) is 11.3 Å². The van der Waals surface area contributed by atoms with E-state index in [0.717, 1.165) is 52.6 Å². The first-order valence-corrected chi connectivity index (χ1v) is 17.5. The van der Waals surface area contributed by atoms with Crippen LogP contribution in [0.1, 0.15) is 65.2 Å². The second kappa shape index (κ2) is 14.1. The molecule has 0 spiro atoms. The molecule has 9 nitrogen and oxygen atoms in total. The van der Waals surface area contributed by atoms with E-state index in [1.54, 1.807) is 6.07 Å². The van der Waals surface area contributed by atoms with Crippen molar-refractivity contribution in [3.63, 3.8) is 0 Å². The molecule has 0 radical (unpaired) electrons. The van der Waals surface area contributed by atoms with Gasteiger partial charge in [0.2, 0.25) is 5.91 Å². The number of rotatable bonds is 9. The van der Waals surface area contributed by atoms with Gasteiger partial charge in [-0.1, -0.05) is 68.8 Å². The van der Waals surface area contributed by atoms with Crippen LogP contribution >= 0.6 is 22.9 Å². The Balaban J connectivity index is 1.10. The summed E-state index contributed by atoms with van der Waals surface area (Å²) in [4.78, 5) is 52.8. The van der Waals surface area contributed by atoms with Gasteiger partial charge in [0.15, 0.2) is 5.82 Å². The van der Waals surface area contributed by atoms with Crippen LogP contribution in [0.4, 0.5) is 5.69 Å². The Morgan fingerprint density at radius 2 is 1.69 bits per heavy atom. The molecule has 2 saturated heterocycles. The molecule has 0 bridgehead atoms. The van der Waals surface area contributed by atoms with Gasteiger partial charge in [-0.3, -0.25) is 14.4 Å². The van der Waals surface area contributed by atoms with Crippen LogP contribution in [0.15, 0.2) is 73.1 Å². The quantitative estimate of drug-likeness (QED) is 0.209. The molecule has 11 heteroatoms. The summed E-state index contributed by atoms with van der Waals surface area (Å²) >= 11 is 7.62. The van der Waals surface area contributed by atoms with Crippen molar-refractivity contribution in [1.82, 2.24) is 20.2 Å².